The molecule has 0 saturated heterocycles. The summed E-state index contributed by atoms with van der Waals surface area (Å²) in [6, 6.07) is 24.8. The molecular weight excluding hydrogens is 340 g/mol. The van der Waals surface area contributed by atoms with Crippen LogP contribution in [0.25, 0.3) is 33.5 Å². The second-order valence-corrected chi connectivity index (χ2v) is 6.05. The first-order valence-electron chi connectivity index (χ1n) is 10.1. The number of hydrogen-bond donors (Lipinski definition) is 0. The van der Waals surface area contributed by atoms with Crippen LogP contribution in [-0.4, -0.2) is 9.97 Å². The van der Waals surface area contributed by atoms with Gasteiger partial charge in [0.05, 0.1) is 22.4 Å². The van der Waals surface area contributed by atoms with Crippen LogP contribution in [-0.2, 0) is 0 Å². The molecule has 0 aliphatic carbocycles. The van der Waals surface area contributed by atoms with E-state index in [0.717, 1.165) is 44.7 Å². The van der Waals surface area contributed by atoms with E-state index in [2.05, 4.69) is 50.2 Å². The van der Waals surface area contributed by atoms with Gasteiger partial charge in [-0.15, -0.1) is 0 Å². The predicted octanol–water partition coefficient (Wildman–Crippen LogP) is 7.63. The molecule has 0 bridgehead atoms. The first-order valence-corrected chi connectivity index (χ1v) is 10.1. The van der Waals surface area contributed by atoms with Crippen molar-refractivity contribution >= 4 is 11.0 Å². The van der Waals surface area contributed by atoms with Gasteiger partial charge in [0, 0.05) is 11.1 Å². The summed E-state index contributed by atoms with van der Waals surface area (Å²) < 4.78 is 0. The SMILES string of the molecule is CC.CC.Cc1ccc(C)c2nc(-c3ccccc3)c(-c3ccccc3)nc12. The maximum Gasteiger partial charge on any atom is 0.0973 e. The third-order valence-corrected chi connectivity index (χ3v) is 4.32. The van der Waals surface area contributed by atoms with Crippen molar-refractivity contribution in [2.45, 2.75) is 41.5 Å². The maximum absolute atomic E-state index is 5.02. The number of nitrogens with zero attached hydrogens (tertiary/aromatic N) is 2. The molecule has 1 aromatic heterocycles. The normalized spacial score (nSPS) is 9.79. The summed E-state index contributed by atoms with van der Waals surface area (Å²) in [5.41, 5.74) is 8.31. The van der Waals surface area contributed by atoms with Crippen LogP contribution in [0, 0.1) is 13.8 Å². The van der Waals surface area contributed by atoms with Gasteiger partial charge < -0.3 is 0 Å². The van der Waals surface area contributed by atoms with Crippen LogP contribution in [0.1, 0.15) is 38.8 Å². The van der Waals surface area contributed by atoms with E-state index in [1.54, 1.807) is 0 Å². The van der Waals surface area contributed by atoms with Gasteiger partial charge in [0.15, 0.2) is 0 Å². The van der Waals surface area contributed by atoms with Crippen LogP contribution in [0.15, 0.2) is 72.8 Å². The highest BCUT2D eigenvalue weighted by Crippen LogP contribution is 2.32. The summed E-state index contributed by atoms with van der Waals surface area (Å²) >= 11 is 0. The largest absolute Gasteiger partial charge is 0.244 e. The predicted molar refractivity (Wildman–Crippen MR) is 123 cm³/mol. The van der Waals surface area contributed by atoms with Crippen molar-refractivity contribution in [2.75, 3.05) is 0 Å². The second-order valence-electron chi connectivity index (χ2n) is 6.05. The Morgan fingerprint density at radius 2 is 0.786 bits per heavy atom. The van der Waals surface area contributed by atoms with Gasteiger partial charge in [-0.3, -0.25) is 0 Å². The van der Waals surface area contributed by atoms with Crippen molar-refractivity contribution < 1.29 is 0 Å². The Kier molecular flexibility index (Phi) is 7.88. The molecular formula is C26H30N2. The number of fused-ring (bicyclic) bond motifs is 1. The Bertz CT molecular complexity index is 923. The molecule has 0 saturated carbocycles. The molecule has 0 spiro atoms. The van der Waals surface area contributed by atoms with Gasteiger partial charge in [-0.2, -0.15) is 0 Å². The Morgan fingerprint density at radius 3 is 1.11 bits per heavy atom. The Hall–Kier alpha value is -3.00. The highest BCUT2D eigenvalue weighted by atomic mass is 14.8. The Morgan fingerprint density at radius 1 is 0.464 bits per heavy atom. The second kappa shape index (κ2) is 10.4. The van der Waals surface area contributed by atoms with Crippen molar-refractivity contribution in [2.24, 2.45) is 0 Å². The minimum Gasteiger partial charge on any atom is -0.244 e. The van der Waals surface area contributed by atoms with Gasteiger partial charge in [0.1, 0.15) is 0 Å². The Balaban J connectivity index is 0.000000660. The minimum absolute atomic E-state index is 0.933. The zero-order chi connectivity index (χ0) is 20.5. The van der Waals surface area contributed by atoms with Gasteiger partial charge in [0.25, 0.3) is 0 Å². The maximum atomic E-state index is 5.02. The van der Waals surface area contributed by atoms with Crippen LogP contribution in [0.2, 0.25) is 0 Å². The fraction of sp³-hybridized carbons (Fsp3) is 0.231. The molecule has 3 aromatic carbocycles. The highest BCUT2D eigenvalue weighted by Gasteiger charge is 2.14. The lowest BCUT2D eigenvalue weighted by Gasteiger charge is -2.13. The lowest BCUT2D eigenvalue weighted by atomic mass is 10.0. The van der Waals surface area contributed by atoms with Gasteiger partial charge in [-0.25, -0.2) is 9.97 Å². The smallest absolute Gasteiger partial charge is 0.0973 e. The molecule has 4 aromatic rings. The Labute approximate surface area is 169 Å². The van der Waals surface area contributed by atoms with Crippen molar-refractivity contribution in [3.05, 3.63) is 83.9 Å². The first kappa shape index (κ1) is 21.3. The van der Waals surface area contributed by atoms with Crippen LogP contribution in [0.4, 0.5) is 0 Å². The van der Waals surface area contributed by atoms with E-state index in [-0.39, 0.29) is 0 Å². The lowest BCUT2D eigenvalue weighted by Crippen LogP contribution is -1.98. The average Bonchev–Trinajstić information content (AvgIpc) is 2.79. The van der Waals surface area contributed by atoms with E-state index >= 15 is 0 Å². The van der Waals surface area contributed by atoms with Crippen molar-refractivity contribution in [1.82, 2.24) is 9.97 Å². The lowest BCUT2D eigenvalue weighted by molar-refractivity contribution is 1.25. The average molecular weight is 371 g/mol. The zero-order valence-corrected chi connectivity index (χ0v) is 17.8. The molecule has 0 aliphatic rings. The summed E-state index contributed by atoms with van der Waals surface area (Å²) in [5.74, 6) is 0. The molecule has 2 heteroatoms. The fourth-order valence-corrected chi connectivity index (χ4v) is 2.99. The molecule has 0 atom stereocenters. The molecule has 0 radical (unpaired) electrons. The number of aromatic nitrogens is 2. The van der Waals surface area contributed by atoms with Crippen LogP contribution in [0.5, 0.6) is 0 Å². The van der Waals surface area contributed by atoms with Crippen LogP contribution < -0.4 is 0 Å². The summed E-state index contributed by atoms with van der Waals surface area (Å²) in [4.78, 5) is 10.0. The van der Waals surface area contributed by atoms with Crippen molar-refractivity contribution in [3.8, 4) is 22.5 Å². The number of hydrogen-bond acceptors (Lipinski definition) is 2. The minimum atomic E-state index is 0.933. The molecule has 0 fully saturated rings. The highest BCUT2D eigenvalue weighted by molar-refractivity contribution is 5.89. The van der Waals surface area contributed by atoms with E-state index in [1.165, 1.54) is 0 Å². The molecule has 2 nitrogen and oxygen atoms in total. The summed E-state index contributed by atoms with van der Waals surface area (Å²) in [6.45, 7) is 12.2. The molecule has 0 N–H and O–H groups in total. The first-order chi connectivity index (χ1) is 13.7. The molecule has 1 heterocycles. The van der Waals surface area contributed by atoms with Crippen molar-refractivity contribution in [1.29, 1.82) is 0 Å². The summed E-state index contributed by atoms with van der Waals surface area (Å²) in [5, 5.41) is 0. The van der Waals surface area contributed by atoms with Gasteiger partial charge in [0.2, 0.25) is 0 Å². The van der Waals surface area contributed by atoms with Gasteiger partial charge >= 0.3 is 0 Å². The third-order valence-electron chi connectivity index (χ3n) is 4.32. The van der Waals surface area contributed by atoms with Gasteiger partial charge in [-0.05, 0) is 25.0 Å². The van der Waals surface area contributed by atoms with Gasteiger partial charge in [-0.1, -0.05) is 100 Å². The third kappa shape index (κ3) is 4.45. The quantitative estimate of drug-likeness (QED) is 0.362. The zero-order valence-electron chi connectivity index (χ0n) is 17.8. The molecule has 0 unspecified atom stereocenters. The molecule has 0 amide bonds. The molecule has 28 heavy (non-hydrogen) atoms. The molecule has 4 rings (SSSR count). The monoisotopic (exact) mass is 370 g/mol. The van der Waals surface area contributed by atoms with E-state index < -0.39 is 0 Å². The number of benzene rings is 3. The summed E-state index contributed by atoms with van der Waals surface area (Å²) in [7, 11) is 0. The van der Waals surface area contributed by atoms with E-state index in [4.69, 9.17) is 9.97 Å². The molecule has 0 aliphatic heterocycles. The van der Waals surface area contributed by atoms with E-state index in [9.17, 15) is 0 Å². The number of rotatable bonds is 2. The van der Waals surface area contributed by atoms with Crippen LogP contribution >= 0.6 is 0 Å². The van der Waals surface area contributed by atoms with E-state index in [1.807, 2.05) is 64.1 Å². The van der Waals surface area contributed by atoms with Crippen LogP contribution in [0.3, 0.4) is 0 Å². The summed E-state index contributed by atoms with van der Waals surface area (Å²) in [6.07, 6.45) is 0. The number of aryl methyl sites for hydroxylation is 2. The van der Waals surface area contributed by atoms with Crippen molar-refractivity contribution in [3.63, 3.8) is 0 Å². The fourth-order valence-electron chi connectivity index (χ4n) is 2.99. The topological polar surface area (TPSA) is 25.8 Å². The van der Waals surface area contributed by atoms with E-state index in [0.29, 0.717) is 0 Å². The molecule has 144 valence electrons. The standard InChI is InChI=1S/C22H18N2.2C2H6/c1-15-13-14-16(2)20-19(15)23-21(17-9-5-3-6-10-17)22(24-20)18-11-7-4-8-12-18;2*1-2/h3-14H,1-2H3;2*1-2H3.